The summed E-state index contributed by atoms with van der Waals surface area (Å²) in [4.78, 5) is 4.41. The highest BCUT2D eigenvalue weighted by Crippen LogP contribution is 2.42. The van der Waals surface area contributed by atoms with E-state index < -0.39 is 33.5 Å². The Kier molecular flexibility index (Phi) is 3.25. The molecule has 112 valence electrons. The van der Waals surface area contributed by atoms with E-state index in [2.05, 4.69) is 4.99 Å². The minimum absolute atomic E-state index is 0.0685. The number of fused-ring (bicyclic) bond motifs is 1. The van der Waals surface area contributed by atoms with Crippen LogP contribution in [0.3, 0.4) is 0 Å². The number of aliphatic hydroxyl groups is 1. The molecule has 2 heterocycles. The van der Waals surface area contributed by atoms with Crippen LogP contribution in [0, 0.1) is 0 Å². The second-order valence-corrected chi connectivity index (χ2v) is 7.05. The third-order valence-corrected chi connectivity index (χ3v) is 4.07. The molecule has 0 saturated carbocycles. The average molecular weight is 310 g/mol. The van der Waals surface area contributed by atoms with Gasteiger partial charge < -0.3 is 10.0 Å². The summed E-state index contributed by atoms with van der Waals surface area (Å²) in [5.41, 5.74) is -3.01. The molecule has 2 rings (SSSR count). The molecule has 0 aromatic carbocycles. The van der Waals surface area contributed by atoms with E-state index in [0.717, 1.165) is 11.2 Å². The number of aliphatic imine (C=N–C) groups is 1. The summed E-state index contributed by atoms with van der Waals surface area (Å²) in [5, 5.41) is 9.92. The van der Waals surface area contributed by atoms with Crippen LogP contribution in [0.25, 0.3) is 0 Å². The fraction of sp³-hybridized carbons (Fsp3) is 0.545. The van der Waals surface area contributed by atoms with Crippen LogP contribution in [-0.2, 0) is 9.84 Å². The lowest BCUT2D eigenvalue weighted by Crippen LogP contribution is -2.57. The van der Waals surface area contributed by atoms with Gasteiger partial charge in [-0.2, -0.15) is 13.2 Å². The van der Waals surface area contributed by atoms with Crippen molar-refractivity contribution in [1.82, 2.24) is 4.90 Å². The number of sulfone groups is 1. The predicted molar refractivity (Wildman–Crippen MR) is 66.7 cm³/mol. The highest BCUT2D eigenvalue weighted by atomic mass is 32.2. The van der Waals surface area contributed by atoms with Gasteiger partial charge in [-0.3, -0.25) is 0 Å². The van der Waals surface area contributed by atoms with Gasteiger partial charge in [0.25, 0.3) is 5.72 Å². The van der Waals surface area contributed by atoms with Gasteiger partial charge in [0.2, 0.25) is 0 Å². The van der Waals surface area contributed by atoms with Crippen LogP contribution >= 0.6 is 0 Å². The molecule has 2 aliphatic rings. The molecule has 0 fully saturated rings. The maximum absolute atomic E-state index is 13.1. The van der Waals surface area contributed by atoms with Crippen molar-refractivity contribution in [2.75, 3.05) is 12.0 Å². The molecule has 0 radical (unpaired) electrons. The van der Waals surface area contributed by atoms with E-state index in [-0.39, 0.29) is 5.84 Å². The van der Waals surface area contributed by atoms with Gasteiger partial charge >= 0.3 is 6.18 Å². The number of allylic oxidation sites excluding steroid dienone is 2. The Morgan fingerprint density at radius 3 is 2.60 bits per heavy atom. The molecule has 0 amide bonds. The molecule has 0 bridgehead atoms. The van der Waals surface area contributed by atoms with E-state index in [4.69, 9.17) is 0 Å². The zero-order valence-corrected chi connectivity index (χ0v) is 11.5. The van der Waals surface area contributed by atoms with Crippen molar-refractivity contribution in [3.05, 3.63) is 23.9 Å². The van der Waals surface area contributed by atoms with Crippen LogP contribution in [-0.4, -0.2) is 54.2 Å². The molecule has 2 atom stereocenters. The molecular formula is C11H13F3N2O3S. The number of nitrogens with zero attached hydrogens (tertiary/aromatic N) is 2. The summed E-state index contributed by atoms with van der Waals surface area (Å²) >= 11 is 0. The Morgan fingerprint density at radius 1 is 1.50 bits per heavy atom. The summed E-state index contributed by atoms with van der Waals surface area (Å²) in [6.45, 7) is 1.54. The Balaban J connectivity index is 2.54. The molecule has 0 saturated heterocycles. The van der Waals surface area contributed by atoms with Crippen LogP contribution in [0.15, 0.2) is 28.9 Å². The van der Waals surface area contributed by atoms with Gasteiger partial charge in [0.1, 0.15) is 21.7 Å². The van der Waals surface area contributed by atoms with E-state index in [1.165, 1.54) is 25.3 Å². The molecule has 9 heteroatoms. The van der Waals surface area contributed by atoms with Crippen molar-refractivity contribution >= 4 is 15.7 Å². The standard InChI is InChI=1S/C11H13F3N2O3S/c1-7-4-3-5-16-8(6-20(2,18)19)10(17,11(12,13)14)15-9(7)16/h3-5,8,17H,6H2,1-2H3/t8-,10-/m0/s1. The van der Waals surface area contributed by atoms with E-state index >= 15 is 0 Å². The number of hydrogen-bond donors (Lipinski definition) is 1. The molecule has 0 unspecified atom stereocenters. The van der Waals surface area contributed by atoms with Gasteiger partial charge in [-0.1, -0.05) is 6.08 Å². The number of halogens is 3. The zero-order valence-electron chi connectivity index (χ0n) is 10.7. The SMILES string of the molecule is CC1=CC=CN2C1=N[C@@](O)(C(F)(F)F)[C@@H]2CS(C)(=O)=O. The minimum Gasteiger partial charge on any atom is -0.360 e. The molecule has 0 spiro atoms. The van der Waals surface area contributed by atoms with Gasteiger partial charge in [-0.25, -0.2) is 13.4 Å². The smallest absolute Gasteiger partial charge is 0.360 e. The first-order valence-corrected chi connectivity index (χ1v) is 7.72. The number of rotatable bonds is 2. The first-order valence-electron chi connectivity index (χ1n) is 5.66. The van der Waals surface area contributed by atoms with Crippen molar-refractivity contribution in [2.45, 2.75) is 24.9 Å². The fourth-order valence-electron chi connectivity index (χ4n) is 2.19. The third kappa shape index (κ3) is 2.35. The molecule has 2 aliphatic heterocycles. The largest absolute Gasteiger partial charge is 0.440 e. The lowest BCUT2D eigenvalue weighted by molar-refractivity contribution is -0.264. The summed E-state index contributed by atoms with van der Waals surface area (Å²) in [6, 6.07) is -1.73. The molecule has 5 nitrogen and oxygen atoms in total. The summed E-state index contributed by atoms with van der Waals surface area (Å²) in [7, 11) is -3.74. The van der Waals surface area contributed by atoms with Gasteiger partial charge in [-0.05, 0) is 18.6 Å². The van der Waals surface area contributed by atoms with Gasteiger partial charge in [0, 0.05) is 12.5 Å². The van der Waals surface area contributed by atoms with Gasteiger partial charge in [0.05, 0.1) is 5.75 Å². The predicted octanol–water partition coefficient (Wildman–Crippen LogP) is 0.838. The van der Waals surface area contributed by atoms with Crippen LogP contribution in [0.5, 0.6) is 0 Å². The van der Waals surface area contributed by atoms with Gasteiger partial charge in [0.15, 0.2) is 0 Å². The summed E-state index contributed by atoms with van der Waals surface area (Å²) in [5.74, 6) is -0.922. The van der Waals surface area contributed by atoms with Crippen LogP contribution < -0.4 is 0 Å². The maximum atomic E-state index is 13.1. The number of hydrogen-bond acceptors (Lipinski definition) is 5. The Bertz CT molecular complexity index is 621. The van der Waals surface area contributed by atoms with E-state index in [1.807, 2.05) is 0 Å². The maximum Gasteiger partial charge on any atom is 0.440 e. The Labute approximate surface area is 114 Å². The topological polar surface area (TPSA) is 70.0 Å². The zero-order chi connectivity index (χ0) is 15.3. The lowest BCUT2D eigenvalue weighted by Gasteiger charge is -2.33. The van der Waals surface area contributed by atoms with E-state index in [9.17, 15) is 26.7 Å². The van der Waals surface area contributed by atoms with Crippen molar-refractivity contribution in [1.29, 1.82) is 0 Å². The van der Waals surface area contributed by atoms with Crippen molar-refractivity contribution < 1.29 is 26.7 Å². The van der Waals surface area contributed by atoms with Crippen molar-refractivity contribution in [3.8, 4) is 0 Å². The van der Waals surface area contributed by atoms with Gasteiger partial charge in [-0.15, -0.1) is 0 Å². The second-order valence-electron chi connectivity index (χ2n) is 4.87. The first kappa shape index (κ1) is 15.0. The monoisotopic (exact) mass is 310 g/mol. The molecule has 0 aromatic rings. The Hall–Kier alpha value is -1.35. The molecule has 20 heavy (non-hydrogen) atoms. The number of amidine groups is 1. The highest BCUT2D eigenvalue weighted by molar-refractivity contribution is 7.90. The summed E-state index contributed by atoms with van der Waals surface area (Å²) < 4.78 is 62.1. The normalized spacial score (nSPS) is 30.1. The van der Waals surface area contributed by atoms with Crippen LogP contribution in [0.1, 0.15) is 6.92 Å². The second kappa shape index (κ2) is 4.32. The molecule has 0 aromatic heterocycles. The first-order chi connectivity index (χ1) is 8.96. The average Bonchev–Trinajstić information content (AvgIpc) is 2.53. The molecule has 0 aliphatic carbocycles. The van der Waals surface area contributed by atoms with Crippen molar-refractivity contribution in [2.24, 2.45) is 4.99 Å². The lowest BCUT2D eigenvalue weighted by atomic mass is 10.1. The Morgan fingerprint density at radius 2 is 2.10 bits per heavy atom. The summed E-state index contributed by atoms with van der Waals surface area (Å²) in [6.07, 6.45) is 0.0467. The minimum atomic E-state index is -5.07. The van der Waals surface area contributed by atoms with E-state index in [1.54, 1.807) is 0 Å². The van der Waals surface area contributed by atoms with Crippen LogP contribution in [0.4, 0.5) is 13.2 Å². The van der Waals surface area contributed by atoms with E-state index in [0.29, 0.717) is 5.57 Å². The van der Waals surface area contributed by atoms with Crippen molar-refractivity contribution in [3.63, 3.8) is 0 Å². The number of alkyl halides is 3. The molecule has 1 N–H and O–H groups in total. The fourth-order valence-corrected chi connectivity index (χ4v) is 3.16. The molecular weight excluding hydrogens is 297 g/mol. The third-order valence-electron chi connectivity index (χ3n) is 3.14. The van der Waals surface area contributed by atoms with Crippen LogP contribution in [0.2, 0.25) is 0 Å². The quantitative estimate of drug-likeness (QED) is 0.820. The highest BCUT2D eigenvalue weighted by Gasteiger charge is 2.65.